The van der Waals surface area contributed by atoms with E-state index in [0.29, 0.717) is 5.41 Å². The lowest BCUT2D eigenvalue weighted by Gasteiger charge is -2.30. The van der Waals surface area contributed by atoms with Crippen molar-refractivity contribution in [2.24, 2.45) is 5.41 Å². The summed E-state index contributed by atoms with van der Waals surface area (Å²) >= 11 is 0. The van der Waals surface area contributed by atoms with Gasteiger partial charge in [0.05, 0.1) is 0 Å². The summed E-state index contributed by atoms with van der Waals surface area (Å²) in [6.45, 7) is 10.9. The van der Waals surface area contributed by atoms with E-state index >= 15 is 0 Å². The Morgan fingerprint density at radius 3 is 2.77 bits per heavy atom. The lowest BCUT2D eigenvalue weighted by Crippen LogP contribution is -2.20. The van der Waals surface area contributed by atoms with Gasteiger partial charge in [0, 0.05) is 11.4 Å². The van der Waals surface area contributed by atoms with E-state index in [9.17, 15) is 0 Å². The summed E-state index contributed by atoms with van der Waals surface area (Å²) in [5, 5.41) is 0. The van der Waals surface area contributed by atoms with E-state index in [1.807, 2.05) is 0 Å². The number of aryl methyl sites for hydroxylation is 1. The Labute approximate surface area is 79.9 Å². The molecule has 0 amide bonds. The van der Waals surface area contributed by atoms with E-state index in [4.69, 9.17) is 0 Å². The molecule has 1 aromatic rings. The first kappa shape index (κ1) is 8.61. The van der Waals surface area contributed by atoms with Gasteiger partial charge in [0.25, 0.3) is 0 Å². The molecule has 2 rings (SSSR count). The molecule has 0 atom stereocenters. The third-order valence-corrected chi connectivity index (χ3v) is 2.76. The second kappa shape index (κ2) is 2.50. The molecule has 13 heavy (non-hydrogen) atoms. The van der Waals surface area contributed by atoms with Crippen LogP contribution in [0.5, 0.6) is 0 Å². The largest absolute Gasteiger partial charge is 0.362 e. The molecular weight excluding hydrogens is 158 g/mol. The monoisotopic (exact) mass is 175 g/mol. The topological polar surface area (TPSA) is 15.8 Å². The maximum Gasteiger partial charge on any atom is 0.0230 e. The number of H-pyrrole nitrogens is 1. The smallest absolute Gasteiger partial charge is 0.0230 e. The van der Waals surface area contributed by atoms with Gasteiger partial charge in [-0.3, -0.25) is 0 Å². The normalized spacial score (nSPS) is 20.1. The summed E-state index contributed by atoms with van der Waals surface area (Å²) in [5.41, 5.74) is 5.65. The summed E-state index contributed by atoms with van der Waals surface area (Å²) in [6.07, 6.45) is 2.27. The van der Waals surface area contributed by atoms with E-state index in [2.05, 4.69) is 38.4 Å². The highest BCUT2D eigenvalue weighted by Crippen LogP contribution is 2.40. The minimum absolute atomic E-state index is 0.376. The predicted molar refractivity (Wildman–Crippen MR) is 56.7 cm³/mol. The van der Waals surface area contributed by atoms with Gasteiger partial charge in [0.2, 0.25) is 0 Å². The van der Waals surface area contributed by atoms with Gasteiger partial charge < -0.3 is 4.98 Å². The summed E-state index contributed by atoms with van der Waals surface area (Å²) in [5.74, 6) is 0. The first-order valence-electron chi connectivity index (χ1n) is 4.85. The zero-order valence-corrected chi connectivity index (χ0v) is 8.70. The lowest BCUT2D eigenvalue weighted by molar-refractivity contribution is 0.362. The third-order valence-electron chi connectivity index (χ3n) is 2.76. The van der Waals surface area contributed by atoms with E-state index in [1.165, 1.54) is 22.5 Å². The third kappa shape index (κ3) is 1.43. The Kier molecular flexibility index (Phi) is 1.66. The molecule has 1 heterocycles. The van der Waals surface area contributed by atoms with Gasteiger partial charge >= 0.3 is 0 Å². The maximum absolute atomic E-state index is 4.14. The van der Waals surface area contributed by atoms with Gasteiger partial charge in [0.1, 0.15) is 0 Å². The number of hydrogen-bond donors (Lipinski definition) is 1. The van der Waals surface area contributed by atoms with Crippen molar-refractivity contribution >= 4 is 5.57 Å². The predicted octanol–water partition coefficient (Wildman–Crippen LogP) is 3.31. The molecule has 0 saturated heterocycles. The maximum atomic E-state index is 4.14. The van der Waals surface area contributed by atoms with Crippen molar-refractivity contribution in [3.8, 4) is 0 Å². The van der Waals surface area contributed by atoms with Crippen LogP contribution in [0.3, 0.4) is 0 Å². The highest BCUT2D eigenvalue weighted by atomic mass is 14.7. The van der Waals surface area contributed by atoms with Crippen LogP contribution in [0.4, 0.5) is 0 Å². The van der Waals surface area contributed by atoms with Crippen molar-refractivity contribution in [3.05, 3.63) is 29.6 Å². The number of allylic oxidation sites excluding steroid dienone is 1. The second-order valence-electron chi connectivity index (χ2n) is 4.97. The molecule has 0 fully saturated rings. The SMILES string of the molecule is C=C1CC(C)(C)Cc2[nH]c(C)cc21. The van der Waals surface area contributed by atoms with Crippen molar-refractivity contribution in [3.63, 3.8) is 0 Å². The molecule has 1 heteroatoms. The molecule has 0 saturated carbocycles. The second-order valence-corrected chi connectivity index (χ2v) is 4.97. The molecule has 1 N–H and O–H groups in total. The minimum Gasteiger partial charge on any atom is -0.362 e. The van der Waals surface area contributed by atoms with Crippen LogP contribution in [-0.2, 0) is 6.42 Å². The summed E-state index contributed by atoms with van der Waals surface area (Å²) in [6, 6.07) is 2.22. The average molecular weight is 175 g/mol. The molecule has 1 aliphatic carbocycles. The van der Waals surface area contributed by atoms with Crippen LogP contribution in [0.1, 0.15) is 37.2 Å². The van der Waals surface area contributed by atoms with Crippen LogP contribution in [0, 0.1) is 12.3 Å². The van der Waals surface area contributed by atoms with Crippen LogP contribution in [0.25, 0.3) is 5.57 Å². The van der Waals surface area contributed by atoms with Gasteiger partial charge in [-0.25, -0.2) is 0 Å². The average Bonchev–Trinajstić information content (AvgIpc) is 2.27. The van der Waals surface area contributed by atoms with Crippen LogP contribution in [0.2, 0.25) is 0 Å². The lowest BCUT2D eigenvalue weighted by atomic mass is 9.75. The molecular formula is C12H17N. The summed E-state index contributed by atoms with van der Waals surface area (Å²) in [4.78, 5) is 3.42. The zero-order valence-electron chi connectivity index (χ0n) is 8.70. The van der Waals surface area contributed by atoms with Crippen molar-refractivity contribution in [2.45, 2.75) is 33.6 Å². The molecule has 0 aromatic carbocycles. The van der Waals surface area contributed by atoms with Crippen molar-refractivity contribution in [1.29, 1.82) is 0 Å². The molecule has 0 radical (unpaired) electrons. The van der Waals surface area contributed by atoms with Gasteiger partial charge in [-0.2, -0.15) is 0 Å². The molecule has 0 spiro atoms. The van der Waals surface area contributed by atoms with Gasteiger partial charge in [-0.15, -0.1) is 0 Å². The van der Waals surface area contributed by atoms with Crippen LogP contribution in [0.15, 0.2) is 12.6 Å². The highest BCUT2D eigenvalue weighted by molar-refractivity contribution is 5.68. The minimum atomic E-state index is 0.376. The molecule has 70 valence electrons. The molecule has 0 bridgehead atoms. The van der Waals surface area contributed by atoms with Crippen molar-refractivity contribution in [1.82, 2.24) is 4.98 Å². The Bertz CT molecular complexity index is 355. The number of hydrogen-bond acceptors (Lipinski definition) is 0. The number of aromatic nitrogens is 1. The first-order valence-corrected chi connectivity index (χ1v) is 4.85. The van der Waals surface area contributed by atoms with Gasteiger partial charge in [-0.05, 0) is 42.4 Å². The van der Waals surface area contributed by atoms with E-state index in [1.54, 1.807) is 0 Å². The summed E-state index contributed by atoms with van der Waals surface area (Å²) < 4.78 is 0. The molecule has 1 aromatic heterocycles. The molecule has 0 aliphatic heterocycles. The Balaban J connectivity index is 2.48. The molecule has 1 nitrogen and oxygen atoms in total. The Morgan fingerprint density at radius 2 is 2.08 bits per heavy atom. The Morgan fingerprint density at radius 1 is 1.38 bits per heavy atom. The number of rotatable bonds is 0. The van der Waals surface area contributed by atoms with Crippen LogP contribution in [-0.4, -0.2) is 4.98 Å². The molecule has 0 unspecified atom stereocenters. The van der Waals surface area contributed by atoms with Crippen LogP contribution < -0.4 is 0 Å². The Hall–Kier alpha value is -0.980. The first-order chi connectivity index (χ1) is 5.98. The number of nitrogens with one attached hydrogen (secondary N) is 1. The highest BCUT2D eigenvalue weighted by Gasteiger charge is 2.28. The van der Waals surface area contributed by atoms with Crippen molar-refractivity contribution < 1.29 is 0 Å². The quantitative estimate of drug-likeness (QED) is 0.622. The van der Waals surface area contributed by atoms with E-state index in [0.717, 1.165) is 12.8 Å². The van der Waals surface area contributed by atoms with Gasteiger partial charge in [0.15, 0.2) is 0 Å². The van der Waals surface area contributed by atoms with Gasteiger partial charge in [-0.1, -0.05) is 20.4 Å². The number of aromatic amines is 1. The fraction of sp³-hybridized carbons (Fsp3) is 0.500. The standard InChI is InChI=1S/C12H17N/c1-8-6-12(3,4)7-11-10(8)5-9(2)13-11/h5,13H,1,6-7H2,2-4H3. The zero-order chi connectivity index (χ0) is 9.64. The fourth-order valence-corrected chi connectivity index (χ4v) is 2.31. The number of fused-ring (bicyclic) bond motifs is 1. The molecule has 1 aliphatic rings. The fourth-order valence-electron chi connectivity index (χ4n) is 2.31. The van der Waals surface area contributed by atoms with Crippen LogP contribution >= 0.6 is 0 Å². The van der Waals surface area contributed by atoms with E-state index < -0.39 is 0 Å². The van der Waals surface area contributed by atoms with E-state index in [-0.39, 0.29) is 0 Å². The summed E-state index contributed by atoms with van der Waals surface area (Å²) in [7, 11) is 0. The van der Waals surface area contributed by atoms with Crippen molar-refractivity contribution in [2.75, 3.05) is 0 Å².